The molecule has 4 N–H and O–H groups in total. The Kier molecular flexibility index (Phi) is 3.47. The number of rotatable bonds is 4. The number of nitrogens with one attached hydrogen (secondary N) is 1. The van der Waals surface area contributed by atoms with Gasteiger partial charge in [-0.15, -0.1) is 4.73 Å². The maximum atomic E-state index is 9.22. The zero-order valence-corrected chi connectivity index (χ0v) is 9.71. The molecule has 0 bridgehead atoms. The summed E-state index contributed by atoms with van der Waals surface area (Å²) < 4.78 is 5.88. The van der Waals surface area contributed by atoms with Crippen molar-refractivity contribution in [1.82, 2.24) is 9.71 Å². The molecule has 18 heavy (non-hydrogen) atoms. The second-order valence-corrected chi connectivity index (χ2v) is 3.74. The largest absolute Gasteiger partial charge is 0.477 e. The first-order valence-electron chi connectivity index (χ1n) is 5.47. The summed E-state index contributed by atoms with van der Waals surface area (Å²) >= 11 is 0. The fourth-order valence-electron chi connectivity index (χ4n) is 1.49. The van der Waals surface area contributed by atoms with Crippen molar-refractivity contribution in [1.29, 1.82) is 5.41 Å². The number of nitrogens with two attached hydrogens (primary N) is 1. The van der Waals surface area contributed by atoms with Crippen LogP contribution in [0.2, 0.25) is 0 Å². The average Bonchev–Trinajstić information content (AvgIpc) is 2.37. The molecule has 6 heteroatoms. The lowest BCUT2D eigenvalue weighted by molar-refractivity contribution is 0.168. The highest BCUT2D eigenvalue weighted by Gasteiger charge is 2.03. The first-order chi connectivity index (χ1) is 8.66. The molecule has 2 rings (SSSR count). The van der Waals surface area contributed by atoms with Gasteiger partial charge >= 0.3 is 0 Å². The highest BCUT2D eigenvalue weighted by atomic mass is 16.5. The molecule has 0 aliphatic heterocycles. The molecule has 0 aliphatic carbocycles. The predicted octanol–water partition coefficient (Wildman–Crippen LogP) is 0.804. The SMILES string of the molecule is N=c1nc(OCCc2ccccc2)cc(N)n1O. The summed E-state index contributed by atoms with van der Waals surface area (Å²) in [5.74, 6) is 0.253. The van der Waals surface area contributed by atoms with Gasteiger partial charge in [0.25, 0.3) is 5.62 Å². The van der Waals surface area contributed by atoms with E-state index in [0.717, 1.165) is 12.0 Å². The molecule has 0 spiro atoms. The molecule has 1 heterocycles. The van der Waals surface area contributed by atoms with Crippen molar-refractivity contribution in [3.8, 4) is 5.88 Å². The van der Waals surface area contributed by atoms with Crippen molar-refractivity contribution in [2.75, 3.05) is 12.3 Å². The van der Waals surface area contributed by atoms with E-state index in [1.807, 2.05) is 30.3 Å². The van der Waals surface area contributed by atoms with Crippen LogP contribution >= 0.6 is 0 Å². The van der Waals surface area contributed by atoms with Crippen LogP contribution in [0.25, 0.3) is 0 Å². The Morgan fingerprint density at radius 2 is 2.06 bits per heavy atom. The second kappa shape index (κ2) is 5.22. The van der Waals surface area contributed by atoms with E-state index in [2.05, 4.69) is 4.98 Å². The molecular weight excluding hydrogens is 232 g/mol. The van der Waals surface area contributed by atoms with E-state index >= 15 is 0 Å². The van der Waals surface area contributed by atoms with Gasteiger partial charge < -0.3 is 15.7 Å². The highest BCUT2D eigenvalue weighted by Crippen LogP contribution is 2.08. The van der Waals surface area contributed by atoms with Crippen LogP contribution in [-0.4, -0.2) is 21.5 Å². The van der Waals surface area contributed by atoms with E-state index in [1.165, 1.54) is 6.07 Å². The molecule has 0 aliphatic rings. The number of nitrogens with zero attached hydrogens (tertiary/aromatic N) is 2. The monoisotopic (exact) mass is 246 g/mol. The third-order valence-corrected chi connectivity index (χ3v) is 2.42. The fraction of sp³-hybridized carbons (Fsp3) is 0.167. The van der Waals surface area contributed by atoms with Crippen molar-refractivity contribution in [2.45, 2.75) is 6.42 Å². The molecule has 0 saturated heterocycles. The molecule has 0 amide bonds. The van der Waals surface area contributed by atoms with E-state index in [-0.39, 0.29) is 17.3 Å². The molecule has 0 unspecified atom stereocenters. The van der Waals surface area contributed by atoms with Gasteiger partial charge in [-0.3, -0.25) is 5.41 Å². The lowest BCUT2D eigenvalue weighted by atomic mass is 10.2. The first-order valence-corrected chi connectivity index (χ1v) is 5.47. The normalized spacial score (nSPS) is 10.2. The number of hydrogen-bond donors (Lipinski definition) is 3. The van der Waals surface area contributed by atoms with Crippen molar-refractivity contribution >= 4 is 5.82 Å². The molecule has 2 aromatic rings. The minimum atomic E-state index is -0.357. The molecule has 1 aromatic heterocycles. The van der Waals surface area contributed by atoms with Crippen molar-refractivity contribution in [3.05, 3.63) is 47.6 Å². The molecule has 0 saturated carbocycles. The van der Waals surface area contributed by atoms with Crippen molar-refractivity contribution in [3.63, 3.8) is 0 Å². The van der Waals surface area contributed by atoms with Crippen molar-refractivity contribution in [2.24, 2.45) is 0 Å². The smallest absolute Gasteiger partial charge is 0.260 e. The zero-order valence-electron chi connectivity index (χ0n) is 9.71. The quantitative estimate of drug-likeness (QED) is 0.695. The van der Waals surface area contributed by atoms with E-state index in [9.17, 15) is 5.21 Å². The van der Waals surface area contributed by atoms with Crippen LogP contribution < -0.4 is 16.1 Å². The summed E-state index contributed by atoms with van der Waals surface area (Å²) in [4.78, 5) is 3.74. The Labute approximate surface area is 104 Å². The van der Waals surface area contributed by atoms with Gasteiger partial charge in [0.15, 0.2) is 0 Å². The zero-order chi connectivity index (χ0) is 13.0. The maximum absolute atomic E-state index is 9.22. The Morgan fingerprint density at radius 1 is 1.33 bits per heavy atom. The Morgan fingerprint density at radius 3 is 2.72 bits per heavy atom. The number of hydrogen-bond acceptors (Lipinski definition) is 5. The van der Waals surface area contributed by atoms with Crippen LogP contribution in [0.3, 0.4) is 0 Å². The van der Waals surface area contributed by atoms with Gasteiger partial charge in [0.2, 0.25) is 5.88 Å². The van der Waals surface area contributed by atoms with Gasteiger partial charge in [-0.05, 0) is 5.56 Å². The molecule has 94 valence electrons. The van der Waals surface area contributed by atoms with Crippen LogP contribution in [0.15, 0.2) is 36.4 Å². The third-order valence-electron chi connectivity index (χ3n) is 2.42. The summed E-state index contributed by atoms with van der Waals surface area (Å²) in [6.45, 7) is 0.436. The molecule has 1 aromatic carbocycles. The van der Waals surface area contributed by atoms with Gasteiger partial charge in [0.1, 0.15) is 5.82 Å². The van der Waals surface area contributed by atoms with Gasteiger partial charge in [-0.2, -0.15) is 4.98 Å². The van der Waals surface area contributed by atoms with E-state index in [0.29, 0.717) is 11.3 Å². The fourth-order valence-corrected chi connectivity index (χ4v) is 1.49. The standard InChI is InChI=1S/C12H14N4O2/c13-10-8-11(15-12(14)16(10)17)18-7-6-9-4-2-1-3-5-9/h1-5,8,14,17H,6-7,13H2. The van der Waals surface area contributed by atoms with Crippen molar-refractivity contribution < 1.29 is 9.94 Å². The van der Waals surface area contributed by atoms with E-state index in [1.54, 1.807) is 0 Å². The van der Waals surface area contributed by atoms with Gasteiger partial charge in [0.05, 0.1) is 6.61 Å². The minimum Gasteiger partial charge on any atom is -0.477 e. The Balaban J connectivity index is 1.97. The van der Waals surface area contributed by atoms with Crippen LogP contribution in [0, 0.1) is 5.41 Å². The number of nitrogen functional groups attached to an aromatic ring is 1. The summed E-state index contributed by atoms with van der Waals surface area (Å²) in [6, 6.07) is 11.3. The van der Waals surface area contributed by atoms with Gasteiger partial charge in [-0.1, -0.05) is 30.3 Å². The Bertz CT molecular complexity index is 580. The predicted molar refractivity (Wildman–Crippen MR) is 65.3 cm³/mol. The second-order valence-electron chi connectivity index (χ2n) is 3.74. The van der Waals surface area contributed by atoms with Gasteiger partial charge in [-0.25, -0.2) is 0 Å². The number of anilines is 1. The molecule has 0 radical (unpaired) electrons. The van der Waals surface area contributed by atoms with Gasteiger partial charge in [0, 0.05) is 12.5 Å². The van der Waals surface area contributed by atoms with E-state index < -0.39 is 0 Å². The first kappa shape index (κ1) is 12.0. The summed E-state index contributed by atoms with van der Waals surface area (Å²) in [7, 11) is 0. The number of benzene rings is 1. The topological polar surface area (TPSA) is 97.1 Å². The number of ether oxygens (including phenoxy) is 1. The summed E-state index contributed by atoms with van der Waals surface area (Å²) in [6.07, 6.45) is 0.740. The molecule has 0 atom stereocenters. The highest BCUT2D eigenvalue weighted by molar-refractivity contribution is 5.31. The van der Waals surface area contributed by atoms with E-state index in [4.69, 9.17) is 15.9 Å². The average molecular weight is 246 g/mol. The Hall–Kier alpha value is -2.50. The molecular formula is C12H14N4O2. The summed E-state index contributed by atoms with van der Waals surface area (Å²) in [5, 5.41) is 16.6. The van der Waals surface area contributed by atoms with Crippen LogP contribution in [0.5, 0.6) is 5.88 Å². The lowest BCUT2D eigenvalue weighted by Crippen LogP contribution is -2.24. The molecule has 6 nitrogen and oxygen atoms in total. The lowest BCUT2D eigenvalue weighted by Gasteiger charge is -2.07. The van der Waals surface area contributed by atoms with Crippen LogP contribution in [-0.2, 0) is 6.42 Å². The summed E-state index contributed by atoms with van der Waals surface area (Å²) in [5.41, 5.74) is 6.28. The van der Waals surface area contributed by atoms with Crippen LogP contribution in [0.1, 0.15) is 5.56 Å². The maximum Gasteiger partial charge on any atom is 0.260 e. The third kappa shape index (κ3) is 2.79. The minimum absolute atomic E-state index is 0.0183. The molecule has 0 fully saturated rings. The number of aromatic nitrogens is 2. The van der Waals surface area contributed by atoms with Crippen LogP contribution in [0.4, 0.5) is 5.82 Å².